The Bertz CT molecular complexity index is 1390. The molecule has 1 aliphatic rings. The van der Waals surface area contributed by atoms with Gasteiger partial charge in [-0.05, 0) is 97.6 Å². The van der Waals surface area contributed by atoms with Gasteiger partial charge >= 0.3 is 0 Å². The van der Waals surface area contributed by atoms with Crippen LogP contribution in [-0.4, -0.2) is 48.6 Å². The second-order valence-corrected chi connectivity index (χ2v) is 11.5. The zero-order valence-corrected chi connectivity index (χ0v) is 23.6. The van der Waals surface area contributed by atoms with Crippen molar-refractivity contribution >= 4 is 27.2 Å². The Morgan fingerprint density at radius 1 is 0.974 bits per heavy atom. The summed E-state index contributed by atoms with van der Waals surface area (Å²) in [6.07, 6.45) is 4.58. The molecule has 5 rings (SSSR count). The van der Waals surface area contributed by atoms with Crippen molar-refractivity contribution in [1.82, 2.24) is 4.90 Å². The summed E-state index contributed by atoms with van der Waals surface area (Å²) in [5, 5.41) is 10.7. The van der Waals surface area contributed by atoms with Crippen molar-refractivity contribution in [2.75, 3.05) is 32.8 Å². The summed E-state index contributed by atoms with van der Waals surface area (Å²) in [5.74, 6) is 2.53. The van der Waals surface area contributed by atoms with Gasteiger partial charge < -0.3 is 14.6 Å². The van der Waals surface area contributed by atoms with Gasteiger partial charge in [0.1, 0.15) is 23.9 Å². The van der Waals surface area contributed by atoms with Gasteiger partial charge in [-0.3, -0.25) is 9.69 Å². The fraction of sp³-hybridized carbons (Fsp3) is 0.364. The number of benzene rings is 3. The highest BCUT2D eigenvalue weighted by Crippen LogP contribution is 2.41. The lowest BCUT2D eigenvalue weighted by molar-refractivity contribution is 0.104. The molecule has 1 aliphatic heterocycles. The lowest BCUT2D eigenvalue weighted by Gasteiger charge is -2.15. The minimum atomic E-state index is -0.0291. The van der Waals surface area contributed by atoms with E-state index in [-0.39, 0.29) is 11.5 Å². The van der Waals surface area contributed by atoms with E-state index in [9.17, 15) is 9.90 Å². The number of hydrogen-bond acceptors (Lipinski definition) is 6. The van der Waals surface area contributed by atoms with Crippen LogP contribution < -0.4 is 9.47 Å². The molecule has 0 radical (unpaired) electrons. The minimum Gasteiger partial charge on any atom is -0.508 e. The average molecular weight is 544 g/mol. The van der Waals surface area contributed by atoms with Crippen molar-refractivity contribution in [3.8, 4) is 27.7 Å². The van der Waals surface area contributed by atoms with E-state index in [1.54, 1.807) is 23.5 Å². The van der Waals surface area contributed by atoms with Crippen LogP contribution in [0.25, 0.3) is 20.5 Å². The Morgan fingerprint density at radius 3 is 2.44 bits per heavy atom. The van der Waals surface area contributed by atoms with Crippen molar-refractivity contribution in [3.63, 3.8) is 0 Å². The highest BCUT2D eigenvalue weighted by molar-refractivity contribution is 7.22. The maximum atomic E-state index is 13.9. The predicted octanol–water partition coefficient (Wildman–Crippen LogP) is 7.79. The summed E-state index contributed by atoms with van der Waals surface area (Å²) in [7, 11) is 0. The van der Waals surface area contributed by atoms with E-state index in [4.69, 9.17) is 9.47 Å². The second kappa shape index (κ2) is 12.7. The number of likely N-dealkylation sites (tertiary alicyclic amines) is 1. The summed E-state index contributed by atoms with van der Waals surface area (Å²) in [5.41, 5.74) is 2.20. The van der Waals surface area contributed by atoms with Crippen LogP contribution in [0.3, 0.4) is 0 Å². The Labute approximate surface area is 235 Å². The molecular formula is C33H37NO4S. The quantitative estimate of drug-likeness (QED) is 0.146. The molecule has 3 aromatic carbocycles. The number of hydrogen-bond donors (Lipinski definition) is 1. The highest BCUT2D eigenvalue weighted by atomic mass is 32.1. The van der Waals surface area contributed by atoms with Gasteiger partial charge in [-0.2, -0.15) is 0 Å². The van der Waals surface area contributed by atoms with E-state index in [0.717, 1.165) is 76.8 Å². The third-order valence-electron chi connectivity index (χ3n) is 7.34. The van der Waals surface area contributed by atoms with E-state index in [0.29, 0.717) is 24.3 Å². The van der Waals surface area contributed by atoms with Crippen LogP contribution in [0.15, 0.2) is 66.7 Å². The van der Waals surface area contributed by atoms with E-state index in [2.05, 4.69) is 18.7 Å². The largest absolute Gasteiger partial charge is 0.508 e. The third-order valence-corrected chi connectivity index (χ3v) is 8.54. The molecule has 0 aliphatic carbocycles. The smallest absolute Gasteiger partial charge is 0.195 e. The van der Waals surface area contributed by atoms with Crippen LogP contribution in [0.5, 0.6) is 17.2 Å². The number of thiophene rings is 1. The molecule has 4 aromatic rings. The molecule has 0 amide bonds. The van der Waals surface area contributed by atoms with E-state index in [1.807, 2.05) is 54.6 Å². The maximum Gasteiger partial charge on any atom is 0.195 e. The molecule has 1 unspecified atom stereocenters. The van der Waals surface area contributed by atoms with Crippen molar-refractivity contribution in [2.45, 2.75) is 39.5 Å². The number of ketones is 1. The number of nitrogens with zero attached hydrogens (tertiary/aromatic N) is 1. The summed E-state index contributed by atoms with van der Waals surface area (Å²) in [6, 6.07) is 20.5. The second-order valence-electron chi connectivity index (χ2n) is 10.5. The number of phenolic OH excluding ortho intramolecular Hbond substituents is 1. The first-order chi connectivity index (χ1) is 19.0. The van der Waals surface area contributed by atoms with E-state index in [1.165, 1.54) is 6.42 Å². The molecule has 1 aromatic heterocycles. The molecule has 0 saturated carbocycles. The lowest BCUT2D eigenvalue weighted by Crippen LogP contribution is -2.25. The van der Waals surface area contributed by atoms with Gasteiger partial charge in [0.2, 0.25) is 0 Å². The molecule has 1 atom stereocenters. The summed E-state index contributed by atoms with van der Waals surface area (Å²) < 4.78 is 13.0. The molecule has 0 spiro atoms. The van der Waals surface area contributed by atoms with Gasteiger partial charge in [0, 0.05) is 39.2 Å². The van der Waals surface area contributed by atoms with Crippen LogP contribution in [0, 0.1) is 5.92 Å². The molecule has 1 saturated heterocycles. The Hall–Kier alpha value is -3.35. The van der Waals surface area contributed by atoms with Crippen LogP contribution >= 0.6 is 11.3 Å². The number of aromatic hydroxyl groups is 1. The Morgan fingerprint density at radius 2 is 1.72 bits per heavy atom. The van der Waals surface area contributed by atoms with Crippen LogP contribution in [0.4, 0.5) is 0 Å². The van der Waals surface area contributed by atoms with E-state index < -0.39 is 0 Å². The number of rotatable bonds is 12. The van der Waals surface area contributed by atoms with Crippen molar-refractivity contribution in [1.29, 1.82) is 0 Å². The van der Waals surface area contributed by atoms with Crippen molar-refractivity contribution in [2.24, 2.45) is 5.92 Å². The Balaban J connectivity index is 1.37. The Kier molecular flexibility index (Phi) is 8.84. The summed E-state index contributed by atoms with van der Waals surface area (Å²) in [6.45, 7) is 9.01. The first kappa shape index (κ1) is 27.2. The van der Waals surface area contributed by atoms with Gasteiger partial charge in [-0.1, -0.05) is 26.7 Å². The topological polar surface area (TPSA) is 59.0 Å². The number of unbranched alkanes of at least 4 members (excludes halogenated alkanes) is 2. The molecule has 6 heteroatoms. The van der Waals surface area contributed by atoms with Crippen molar-refractivity contribution < 1.29 is 19.4 Å². The molecule has 5 nitrogen and oxygen atoms in total. The van der Waals surface area contributed by atoms with Gasteiger partial charge in [-0.25, -0.2) is 0 Å². The summed E-state index contributed by atoms with van der Waals surface area (Å²) >= 11 is 1.58. The third kappa shape index (κ3) is 6.63. The summed E-state index contributed by atoms with van der Waals surface area (Å²) in [4.78, 5) is 17.2. The van der Waals surface area contributed by atoms with Gasteiger partial charge in [0.25, 0.3) is 0 Å². The molecule has 39 heavy (non-hydrogen) atoms. The molecule has 1 fully saturated rings. The fourth-order valence-electron chi connectivity index (χ4n) is 5.12. The maximum absolute atomic E-state index is 13.9. The van der Waals surface area contributed by atoms with Gasteiger partial charge in [0.05, 0.1) is 6.61 Å². The fourth-order valence-corrected chi connectivity index (χ4v) is 6.35. The molecule has 204 valence electrons. The first-order valence-electron chi connectivity index (χ1n) is 14.0. The number of phenols is 1. The SMILES string of the molecule is CCCCCOc1ccc2c(C(=O)c3ccc(OCCN4CCC(C)C4)cc3)c(-c3ccc(O)cc3)sc2c1. The molecule has 1 N–H and O–H groups in total. The first-order valence-corrected chi connectivity index (χ1v) is 14.8. The standard InChI is InChI=1S/C33H37NO4S/c1-3-4-5-19-37-28-14-15-29-30(21-28)39-33(25-6-10-26(35)11-7-25)31(29)32(36)24-8-12-27(13-9-24)38-20-18-34-17-16-23(2)22-34/h6-15,21,23,35H,3-5,16-20,22H2,1-2H3. The van der Waals surface area contributed by atoms with Crippen LogP contribution in [-0.2, 0) is 0 Å². The molecule has 0 bridgehead atoms. The van der Waals surface area contributed by atoms with Crippen molar-refractivity contribution in [3.05, 3.63) is 77.9 Å². The predicted molar refractivity (Wildman–Crippen MR) is 160 cm³/mol. The zero-order chi connectivity index (χ0) is 27.2. The monoisotopic (exact) mass is 543 g/mol. The number of ether oxygens (including phenoxy) is 2. The normalized spacial score (nSPS) is 15.6. The number of fused-ring (bicyclic) bond motifs is 1. The minimum absolute atomic E-state index is 0.0291. The van der Waals surface area contributed by atoms with Gasteiger partial charge in [-0.15, -0.1) is 11.3 Å². The molecule has 2 heterocycles. The van der Waals surface area contributed by atoms with Gasteiger partial charge in [0.15, 0.2) is 5.78 Å². The molecular weight excluding hydrogens is 506 g/mol. The average Bonchev–Trinajstić information content (AvgIpc) is 3.54. The lowest BCUT2D eigenvalue weighted by atomic mass is 9.97. The zero-order valence-electron chi connectivity index (χ0n) is 22.8. The van der Waals surface area contributed by atoms with Crippen LogP contribution in [0.1, 0.15) is 55.5 Å². The number of carbonyl (C=O) groups excluding carboxylic acids is 1. The number of carbonyl (C=O) groups is 1. The van der Waals surface area contributed by atoms with E-state index >= 15 is 0 Å². The van der Waals surface area contributed by atoms with Crippen LogP contribution in [0.2, 0.25) is 0 Å². The highest BCUT2D eigenvalue weighted by Gasteiger charge is 2.22.